The van der Waals surface area contributed by atoms with E-state index in [1.807, 2.05) is 0 Å². The van der Waals surface area contributed by atoms with E-state index in [0.29, 0.717) is 0 Å². The van der Waals surface area contributed by atoms with Gasteiger partial charge in [0.15, 0.2) is 23.1 Å². The Balaban J connectivity index is 3.09. The monoisotopic (exact) mass is 383 g/mol. The molecule has 1 atom stereocenters. The van der Waals surface area contributed by atoms with Gasteiger partial charge in [-0.25, -0.2) is 0 Å². The smallest absolute Gasteiger partial charge is 0.192 e. The summed E-state index contributed by atoms with van der Waals surface area (Å²) in [5.41, 5.74) is 0. The van der Waals surface area contributed by atoms with Gasteiger partial charge < -0.3 is 13.2 Å². The molecule has 0 aliphatic carbocycles. The van der Waals surface area contributed by atoms with E-state index in [0.717, 1.165) is 39.1 Å². The number of morpholine rings is 1. The maximum atomic E-state index is 6.56. The molecule has 0 amide bonds. The van der Waals surface area contributed by atoms with Crippen LogP contribution in [0.5, 0.6) is 0 Å². The molecule has 0 bridgehead atoms. The zero-order chi connectivity index (χ0) is 17.0. The maximum absolute atomic E-state index is 6.56. The fourth-order valence-corrected chi connectivity index (χ4v) is 16.1. The molecule has 0 radical (unpaired) electrons. The molecule has 0 saturated carbocycles. The van der Waals surface area contributed by atoms with Crippen molar-refractivity contribution < 1.29 is 13.2 Å². The van der Waals surface area contributed by atoms with Crippen molar-refractivity contribution in [3.8, 4) is 0 Å². The molecular formula is C14H34NO3PSSi2. The van der Waals surface area contributed by atoms with Crippen molar-refractivity contribution in [2.75, 3.05) is 26.3 Å². The van der Waals surface area contributed by atoms with E-state index in [4.69, 9.17) is 25.0 Å². The number of rotatable bonds is 8. The van der Waals surface area contributed by atoms with Crippen molar-refractivity contribution in [2.45, 2.75) is 64.8 Å². The van der Waals surface area contributed by atoms with Gasteiger partial charge in [-0.15, -0.1) is 0 Å². The molecule has 0 N–H and O–H groups in total. The van der Waals surface area contributed by atoms with Gasteiger partial charge in [0, 0.05) is 13.1 Å². The molecule has 0 aromatic carbocycles. The van der Waals surface area contributed by atoms with Crippen LogP contribution in [0.1, 0.15) is 19.8 Å². The van der Waals surface area contributed by atoms with Crippen LogP contribution in [0.15, 0.2) is 0 Å². The predicted molar refractivity (Wildman–Crippen MR) is 104 cm³/mol. The van der Waals surface area contributed by atoms with Crippen molar-refractivity contribution >= 4 is 34.9 Å². The Hall–Kier alpha value is 0.924. The molecule has 132 valence electrons. The van der Waals surface area contributed by atoms with Crippen LogP contribution >= 0.6 is 6.49 Å². The number of ether oxygens (including phenoxy) is 1. The molecule has 22 heavy (non-hydrogen) atoms. The lowest BCUT2D eigenvalue weighted by Crippen LogP contribution is -2.46. The average molecular weight is 384 g/mol. The first-order valence-corrected chi connectivity index (χ1v) is 17.8. The molecular weight excluding hydrogens is 349 g/mol. The molecule has 1 heterocycles. The van der Waals surface area contributed by atoms with E-state index >= 15 is 0 Å². The second-order valence-corrected chi connectivity index (χ2v) is 21.0. The summed E-state index contributed by atoms with van der Waals surface area (Å²) in [6.07, 6.45) is 2.15. The highest BCUT2D eigenvalue weighted by atomic mass is 32.5. The van der Waals surface area contributed by atoms with Crippen LogP contribution in [0.3, 0.4) is 0 Å². The standard InChI is InChI=1S/C14H34NO3PSSi2/c1-8-9-14(15-10-12-16-13-11-15)19(20,17-21(2,3)4)18-22(5,6)7/h14H,8-13H2,1-7H3. The molecule has 0 aromatic rings. The van der Waals surface area contributed by atoms with E-state index < -0.39 is 23.1 Å². The van der Waals surface area contributed by atoms with Crippen molar-refractivity contribution in [3.05, 3.63) is 0 Å². The lowest BCUT2D eigenvalue weighted by atomic mass is 10.3. The van der Waals surface area contributed by atoms with Gasteiger partial charge in [-0.2, -0.15) is 0 Å². The van der Waals surface area contributed by atoms with Crippen LogP contribution in [-0.2, 0) is 25.0 Å². The Morgan fingerprint density at radius 1 is 1.05 bits per heavy atom. The Bertz CT molecular complexity index is 373. The van der Waals surface area contributed by atoms with Gasteiger partial charge in [-0.3, -0.25) is 4.90 Å². The Morgan fingerprint density at radius 3 is 1.86 bits per heavy atom. The summed E-state index contributed by atoms with van der Waals surface area (Å²) in [4.78, 5) is 2.47. The zero-order valence-corrected chi connectivity index (χ0v) is 19.1. The normalized spacial score (nSPS) is 20.1. The third-order valence-electron chi connectivity index (χ3n) is 3.18. The average Bonchev–Trinajstić information content (AvgIpc) is 2.32. The van der Waals surface area contributed by atoms with Crippen LogP contribution in [-0.4, -0.2) is 53.6 Å². The first kappa shape index (κ1) is 21.0. The van der Waals surface area contributed by atoms with Gasteiger partial charge in [0.1, 0.15) is 0 Å². The van der Waals surface area contributed by atoms with Crippen LogP contribution in [0.25, 0.3) is 0 Å². The second-order valence-electron chi connectivity index (χ2n) is 7.86. The number of hydrogen-bond acceptors (Lipinski definition) is 5. The molecule has 4 nitrogen and oxygen atoms in total. The van der Waals surface area contributed by atoms with E-state index in [2.05, 4.69) is 51.1 Å². The van der Waals surface area contributed by atoms with Crippen LogP contribution in [0.2, 0.25) is 39.3 Å². The molecule has 1 aliphatic heterocycles. The molecule has 0 aromatic heterocycles. The van der Waals surface area contributed by atoms with Crippen molar-refractivity contribution in [1.29, 1.82) is 0 Å². The van der Waals surface area contributed by atoms with Crippen LogP contribution < -0.4 is 0 Å². The molecule has 1 aliphatic rings. The van der Waals surface area contributed by atoms with Crippen molar-refractivity contribution in [2.24, 2.45) is 0 Å². The molecule has 1 rings (SSSR count). The predicted octanol–water partition coefficient (Wildman–Crippen LogP) is 4.46. The molecule has 8 heteroatoms. The summed E-state index contributed by atoms with van der Waals surface area (Å²) in [6, 6.07) is 0. The van der Waals surface area contributed by atoms with Gasteiger partial charge in [0.05, 0.1) is 19.0 Å². The fourth-order valence-electron chi connectivity index (χ4n) is 2.58. The number of hydrogen-bond donors (Lipinski definition) is 0. The minimum absolute atomic E-state index is 0.231. The van der Waals surface area contributed by atoms with Crippen molar-refractivity contribution in [1.82, 2.24) is 4.90 Å². The highest BCUT2D eigenvalue weighted by molar-refractivity contribution is 8.11. The first-order chi connectivity index (χ1) is 9.97. The molecule has 1 fully saturated rings. The van der Waals surface area contributed by atoms with Gasteiger partial charge in [-0.05, 0) is 57.5 Å². The first-order valence-electron chi connectivity index (χ1n) is 8.30. The SMILES string of the molecule is CCCC(N1CCOCC1)P(=S)(O[Si](C)(C)C)O[Si](C)(C)C. The zero-order valence-electron chi connectivity index (χ0n) is 15.3. The third-order valence-corrected chi connectivity index (χ3v) is 13.0. The quantitative estimate of drug-likeness (QED) is 0.456. The molecule has 0 spiro atoms. The van der Waals surface area contributed by atoms with Gasteiger partial charge in [-0.1, -0.05) is 13.3 Å². The second kappa shape index (κ2) is 8.34. The van der Waals surface area contributed by atoms with Gasteiger partial charge in [0.25, 0.3) is 0 Å². The van der Waals surface area contributed by atoms with Gasteiger partial charge in [0.2, 0.25) is 0 Å². The molecule has 1 unspecified atom stereocenters. The number of nitrogens with zero attached hydrogens (tertiary/aromatic N) is 1. The van der Waals surface area contributed by atoms with Gasteiger partial charge >= 0.3 is 0 Å². The lowest BCUT2D eigenvalue weighted by molar-refractivity contribution is 0.0277. The van der Waals surface area contributed by atoms with E-state index in [1.54, 1.807) is 0 Å². The van der Waals surface area contributed by atoms with Crippen LogP contribution in [0, 0.1) is 0 Å². The van der Waals surface area contributed by atoms with Crippen molar-refractivity contribution in [3.63, 3.8) is 0 Å². The summed E-state index contributed by atoms with van der Waals surface area (Å²) in [5, 5.41) is 0. The van der Waals surface area contributed by atoms with E-state index in [-0.39, 0.29) is 5.78 Å². The highest BCUT2D eigenvalue weighted by Crippen LogP contribution is 2.59. The Morgan fingerprint density at radius 2 is 1.50 bits per heavy atom. The summed E-state index contributed by atoms with van der Waals surface area (Å²) in [6.45, 7) is 16.6. The molecule has 1 saturated heterocycles. The summed E-state index contributed by atoms with van der Waals surface area (Å²) in [7, 11) is -3.53. The lowest BCUT2D eigenvalue weighted by Gasteiger charge is -2.44. The minimum atomic E-state index is -2.33. The highest BCUT2D eigenvalue weighted by Gasteiger charge is 2.41. The topological polar surface area (TPSA) is 30.9 Å². The van der Waals surface area contributed by atoms with Crippen LogP contribution in [0.4, 0.5) is 0 Å². The van der Waals surface area contributed by atoms with E-state index in [9.17, 15) is 0 Å². The maximum Gasteiger partial charge on any atom is 0.192 e. The largest absolute Gasteiger partial charge is 0.379 e. The Kier molecular flexibility index (Phi) is 7.95. The Labute approximate surface area is 144 Å². The fraction of sp³-hybridized carbons (Fsp3) is 1.00. The van der Waals surface area contributed by atoms with E-state index in [1.165, 1.54) is 0 Å². The summed E-state index contributed by atoms with van der Waals surface area (Å²) in [5.74, 6) is 0.231. The summed E-state index contributed by atoms with van der Waals surface area (Å²) < 4.78 is 18.6. The summed E-state index contributed by atoms with van der Waals surface area (Å²) >= 11 is 6.12. The third kappa shape index (κ3) is 7.22. The minimum Gasteiger partial charge on any atom is -0.379 e.